The summed E-state index contributed by atoms with van der Waals surface area (Å²) in [6.07, 6.45) is 0. The number of fused-ring (bicyclic) bond motifs is 1. The summed E-state index contributed by atoms with van der Waals surface area (Å²) >= 11 is 9.66. The molecule has 2 aromatic carbocycles. The first-order chi connectivity index (χ1) is 9.65. The van der Waals surface area contributed by atoms with Crippen molar-refractivity contribution in [2.75, 3.05) is 5.32 Å². The topological polar surface area (TPSA) is 53.5 Å². The zero-order chi connectivity index (χ0) is 14.1. The lowest BCUT2D eigenvalue weighted by molar-refractivity contribution is 0.252. The van der Waals surface area contributed by atoms with Crippen LogP contribution in [0.1, 0.15) is 11.1 Å². The summed E-state index contributed by atoms with van der Waals surface area (Å²) in [5.74, 6) is 0. The second-order valence-corrected chi connectivity index (χ2v) is 5.52. The fraction of sp³-hybridized carbons (Fsp3) is 0. The Balaban J connectivity index is 2.23. The Morgan fingerprint density at radius 3 is 2.70 bits per heavy atom. The van der Waals surface area contributed by atoms with Crippen molar-refractivity contribution in [1.29, 1.82) is 0 Å². The van der Waals surface area contributed by atoms with Gasteiger partial charge in [-0.25, -0.2) is 10.2 Å². The Labute approximate surface area is 129 Å². The fourth-order valence-corrected chi connectivity index (χ4v) is 2.58. The van der Waals surface area contributed by atoms with Gasteiger partial charge in [0.1, 0.15) is 5.71 Å². The third-order valence-electron chi connectivity index (χ3n) is 2.88. The average molecular weight is 351 g/mol. The number of rotatable bonds is 1. The molecule has 1 aliphatic heterocycles. The van der Waals surface area contributed by atoms with Crippen molar-refractivity contribution in [2.24, 2.45) is 5.10 Å². The van der Waals surface area contributed by atoms with E-state index >= 15 is 0 Å². The molecular weight excluding hydrogens is 342 g/mol. The third kappa shape index (κ3) is 2.42. The minimum Gasteiger partial charge on any atom is -0.306 e. The molecule has 0 unspecified atom stereocenters. The lowest BCUT2D eigenvalue weighted by Gasteiger charge is -2.10. The third-order valence-corrected chi connectivity index (χ3v) is 3.71. The Kier molecular flexibility index (Phi) is 3.46. The van der Waals surface area contributed by atoms with Gasteiger partial charge in [-0.05, 0) is 24.3 Å². The van der Waals surface area contributed by atoms with Gasteiger partial charge in [0.15, 0.2) is 0 Å². The summed E-state index contributed by atoms with van der Waals surface area (Å²) in [7, 11) is 0. The monoisotopic (exact) mass is 349 g/mol. The molecule has 20 heavy (non-hydrogen) atoms. The van der Waals surface area contributed by atoms with Gasteiger partial charge in [0.25, 0.3) is 0 Å². The molecule has 0 spiro atoms. The van der Waals surface area contributed by atoms with E-state index in [-0.39, 0.29) is 6.03 Å². The standard InChI is InChI=1S/C14H9BrClN3O/c15-8-5-6-12-10(7-8)13(18-19-14(20)17-12)9-3-1-2-4-11(9)16/h1-7H,(H2,17,19,20). The van der Waals surface area contributed by atoms with Crippen LogP contribution >= 0.6 is 27.5 Å². The van der Waals surface area contributed by atoms with Crippen LogP contribution < -0.4 is 10.7 Å². The molecule has 6 heteroatoms. The fourth-order valence-electron chi connectivity index (χ4n) is 2.00. The van der Waals surface area contributed by atoms with E-state index in [2.05, 4.69) is 31.8 Å². The minimum absolute atomic E-state index is 0.379. The van der Waals surface area contributed by atoms with E-state index in [1.165, 1.54) is 0 Å². The molecule has 2 N–H and O–H groups in total. The lowest BCUT2D eigenvalue weighted by atomic mass is 10.0. The van der Waals surface area contributed by atoms with E-state index < -0.39 is 0 Å². The molecule has 1 heterocycles. The lowest BCUT2D eigenvalue weighted by Crippen LogP contribution is -2.22. The molecule has 2 aromatic rings. The van der Waals surface area contributed by atoms with Gasteiger partial charge in [-0.1, -0.05) is 45.7 Å². The van der Waals surface area contributed by atoms with E-state index in [0.717, 1.165) is 15.6 Å². The van der Waals surface area contributed by atoms with E-state index in [1.807, 2.05) is 36.4 Å². The maximum atomic E-state index is 11.6. The van der Waals surface area contributed by atoms with Gasteiger partial charge in [0, 0.05) is 15.6 Å². The highest BCUT2D eigenvalue weighted by molar-refractivity contribution is 9.10. The summed E-state index contributed by atoms with van der Waals surface area (Å²) in [6, 6.07) is 12.6. The first kappa shape index (κ1) is 13.1. The summed E-state index contributed by atoms with van der Waals surface area (Å²) in [5.41, 5.74) is 5.31. The summed E-state index contributed by atoms with van der Waals surface area (Å²) in [6.45, 7) is 0. The van der Waals surface area contributed by atoms with Crippen LogP contribution in [0.25, 0.3) is 0 Å². The van der Waals surface area contributed by atoms with Gasteiger partial charge in [-0.2, -0.15) is 5.10 Å². The van der Waals surface area contributed by atoms with Crippen LogP contribution in [0, 0.1) is 0 Å². The van der Waals surface area contributed by atoms with Gasteiger partial charge in [-0.3, -0.25) is 0 Å². The maximum absolute atomic E-state index is 11.6. The van der Waals surface area contributed by atoms with Gasteiger partial charge < -0.3 is 5.32 Å². The van der Waals surface area contributed by atoms with E-state index in [1.54, 1.807) is 6.07 Å². The number of carbonyl (C=O) groups is 1. The number of nitrogens with one attached hydrogen (secondary N) is 2. The highest BCUT2D eigenvalue weighted by Gasteiger charge is 2.19. The van der Waals surface area contributed by atoms with Gasteiger partial charge >= 0.3 is 6.03 Å². The number of carbonyl (C=O) groups excluding carboxylic acids is 1. The highest BCUT2D eigenvalue weighted by Crippen LogP contribution is 2.28. The first-order valence-electron chi connectivity index (χ1n) is 5.84. The van der Waals surface area contributed by atoms with Gasteiger partial charge in [0.05, 0.1) is 10.7 Å². The van der Waals surface area contributed by atoms with Crippen molar-refractivity contribution in [3.8, 4) is 0 Å². The molecular formula is C14H9BrClN3O. The average Bonchev–Trinajstić information content (AvgIpc) is 2.58. The smallest absolute Gasteiger partial charge is 0.306 e. The molecule has 3 rings (SSSR count). The number of nitrogens with zero attached hydrogens (tertiary/aromatic N) is 1. The molecule has 0 aromatic heterocycles. The largest absolute Gasteiger partial charge is 0.339 e. The predicted molar refractivity (Wildman–Crippen MR) is 83.4 cm³/mol. The number of hydrogen-bond acceptors (Lipinski definition) is 2. The van der Waals surface area contributed by atoms with E-state index in [0.29, 0.717) is 16.4 Å². The zero-order valence-electron chi connectivity index (χ0n) is 10.2. The van der Waals surface area contributed by atoms with Gasteiger partial charge in [-0.15, -0.1) is 0 Å². The number of benzene rings is 2. The predicted octanol–water partition coefficient (Wildman–Crippen LogP) is 3.99. The molecule has 0 saturated heterocycles. The van der Waals surface area contributed by atoms with Crippen LogP contribution in [-0.4, -0.2) is 11.7 Å². The van der Waals surface area contributed by atoms with Crippen molar-refractivity contribution < 1.29 is 4.79 Å². The number of anilines is 1. The zero-order valence-corrected chi connectivity index (χ0v) is 12.5. The molecule has 1 aliphatic rings. The Morgan fingerprint density at radius 1 is 1.10 bits per heavy atom. The Bertz CT molecular complexity index is 730. The molecule has 4 nitrogen and oxygen atoms in total. The van der Waals surface area contributed by atoms with Crippen LogP contribution in [0.5, 0.6) is 0 Å². The maximum Gasteiger partial charge on any atom is 0.339 e. The Hall–Kier alpha value is -1.85. The van der Waals surface area contributed by atoms with E-state index in [9.17, 15) is 4.79 Å². The molecule has 0 fully saturated rings. The molecule has 0 radical (unpaired) electrons. The SMILES string of the molecule is O=C1NN=C(c2ccccc2Cl)c2cc(Br)ccc2N1. The van der Waals surface area contributed by atoms with Crippen molar-refractivity contribution in [3.63, 3.8) is 0 Å². The number of hydrazone groups is 1. The number of urea groups is 1. The second-order valence-electron chi connectivity index (χ2n) is 4.20. The normalized spacial score (nSPS) is 13.7. The highest BCUT2D eigenvalue weighted by atomic mass is 79.9. The number of halogens is 2. The van der Waals surface area contributed by atoms with Crippen LogP contribution in [0.2, 0.25) is 5.02 Å². The van der Waals surface area contributed by atoms with Crippen LogP contribution in [0.4, 0.5) is 10.5 Å². The molecule has 2 amide bonds. The molecule has 100 valence electrons. The van der Waals surface area contributed by atoms with Crippen molar-refractivity contribution in [1.82, 2.24) is 5.43 Å². The number of hydrogen-bond donors (Lipinski definition) is 2. The summed E-state index contributed by atoms with van der Waals surface area (Å²) < 4.78 is 0.896. The molecule has 0 atom stereocenters. The minimum atomic E-state index is -0.379. The first-order valence-corrected chi connectivity index (χ1v) is 7.02. The summed E-state index contributed by atoms with van der Waals surface area (Å²) in [4.78, 5) is 11.6. The Morgan fingerprint density at radius 2 is 1.90 bits per heavy atom. The van der Waals surface area contributed by atoms with Crippen molar-refractivity contribution >= 4 is 45.0 Å². The van der Waals surface area contributed by atoms with Crippen LogP contribution in [0.3, 0.4) is 0 Å². The molecule has 0 aliphatic carbocycles. The van der Waals surface area contributed by atoms with Gasteiger partial charge in [0.2, 0.25) is 0 Å². The van der Waals surface area contributed by atoms with Crippen LogP contribution in [0.15, 0.2) is 52.0 Å². The molecule has 0 saturated carbocycles. The summed E-state index contributed by atoms with van der Waals surface area (Å²) in [5, 5.41) is 7.48. The number of amides is 2. The van der Waals surface area contributed by atoms with Crippen molar-refractivity contribution in [3.05, 3.63) is 63.1 Å². The quantitative estimate of drug-likeness (QED) is 0.803. The van der Waals surface area contributed by atoms with E-state index in [4.69, 9.17) is 11.6 Å². The second kappa shape index (κ2) is 5.26. The molecule has 0 bridgehead atoms. The van der Waals surface area contributed by atoms with Crippen LogP contribution in [-0.2, 0) is 0 Å². The van der Waals surface area contributed by atoms with Crippen molar-refractivity contribution in [2.45, 2.75) is 0 Å².